The van der Waals surface area contributed by atoms with Crippen molar-refractivity contribution in [1.82, 2.24) is 0 Å². The molecule has 1 heterocycles. The van der Waals surface area contributed by atoms with Crippen LogP contribution >= 0.6 is 0 Å². The minimum Gasteiger partial charge on any atom is -0.497 e. The summed E-state index contributed by atoms with van der Waals surface area (Å²) in [6, 6.07) is 13.1. The molecule has 2 aromatic rings. The number of hydrogen-bond donors (Lipinski definition) is 1. The maximum absolute atomic E-state index is 13.5. The van der Waals surface area contributed by atoms with Crippen molar-refractivity contribution in [3.05, 3.63) is 59.2 Å². The molecule has 158 valence electrons. The van der Waals surface area contributed by atoms with E-state index in [1.54, 1.807) is 25.3 Å². The summed E-state index contributed by atoms with van der Waals surface area (Å²) in [6.07, 6.45) is 2.35. The lowest BCUT2D eigenvalue weighted by molar-refractivity contribution is 0.0174. The van der Waals surface area contributed by atoms with Crippen LogP contribution in [0.4, 0.5) is 0 Å². The number of methoxy groups -OCH3 is 1. The summed E-state index contributed by atoms with van der Waals surface area (Å²) in [7, 11) is -1.98. The van der Waals surface area contributed by atoms with E-state index in [0.717, 1.165) is 24.0 Å². The van der Waals surface area contributed by atoms with E-state index in [1.165, 1.54) is 0 Å². The zero-order valence-corrected chi connectivity index (χ0v) is 18.6. The molecule has 1 aliphatic heterocycles. The lowest BCUT2D eigenvalue weighted by Gasteiger charge is -2.39. The molecule has 0 aromatic heterocycles. The second-order valence-corrected chi connectivity index (χ2v) is 10.3. The molecule has 4 nitrogen and oxygen atoms in total. The van der Waals surface area contributed by atoms with Crippen molar-refractivity contribution in [2.75, 3.05) is 12.9 Å². The van der Waals surface area contributed by atoms with E-state index in [-0.39, 0.29) is 5.75 Å². The molecule has 1 aliphatic rings. The highest BCUT2D eigenvalue weighted by atomic mass is 32.2. The number of unbranched alkanes of at least 4 members (excludes halogenated alkanes) is 1. The van der Waals surface area contributed by atoms with Crippen LogP contribution in [0.25, 0.3) is 0 Å². The Kier molecular flexibility index (Phi) is 6.39. The van der Waals surface area contributed by atoms with Crippen LogP contribution in [0.2, 0.25) is 0 Å². The van der Waals surface area contributed by atoms with Gasteiger partial charge in [0, 0.05) is 11.3 Å². The maximum Gasteiger partial charge on any atom is 0.179 e. The second kappa shape index (κ2) is 8.49. The highest BCUT2D eigenvalue weighted by molar-refractivity contribution is 7.91. The Labute approximate surface area is 174 Å². The summed E-state index contributed by atoms with van der Waals surface area (Å²) in [4.78, 5) is 0.315. The summed E-state index contributed by atoms with van der Waals surface area (Å²) in [5.41, 5.74) is 1.98. The van der Waals surface area contributed by atoms with Crippen molar-refractivity contribution < 1.29 is 18.3 Å². The molecule has 0 unspecified atom stereocenters. The van der Waals surface area contributed by atoms with Crippen molar-refractivity contribution in [2.24, 2.45) is 5.41 Å². The number of aliphatic hydroxyl groups is 1. The number of rotatable bonds is 6. The number of aryl methyl sites for hydroxylation is 1. The van der Waals surface area contributed by atoms with E-state index in [0.29, 0.717) is 29.1 Å². The van der Waals surface area contributed by atoms with Crippen molar-refractivity contribution in [2.45, 2.75) is 63.4 Å². The van der Waals surface area contributed by atoms with Crippen molar-refractivity contribution in [1.29, 1.82) is 0 Å². The molecule has 3 rings (SSSR count). The minimum absolute atomic E-state index is 0.0285. The van der Waals surface area contributed by atoms with Crippen LogP contribution in [0.5, 0.6) is 5.75 Å². The molecule has 0 bridgehead atoms. The summed E-state index contributed by atoms with van der Waals surface area (Å²) >= 11 is 0. The van der Waals surface area contributed by atoms with Crippen molar-refractivity contribution >= 4 is 9.84 Å². The van der Waals surface area contributed by atoms with Gasteiger partial charge in [-0.2, -0.15) is 0 Å². The van der Waals surface area contributed by atoms with Gasteiger partial charge >= 0.3 is 0 Å². The van der Waals surface area contributed by atoms with Crippen molar-refractivity contribution in [3.8, 4) is 5.75 Å². The number of aliphatic hydroxyl groups excluding tert-OH is 1. The van der Waals surface area contributed by atoms with E-state index in [2.05, 4.69) is 13.0 Å². The fraction of sp³-hybridized carbons (Fsp3) is 0.500. The molecule has 0 saturated carbocycles. The van der Waals surface area contributed by atoms with Gasteiger partial charge in [0.25, 0.3) is 0 Å². The Morgan fingerprint density at radius 2 is 1.93 bits per heavy atom. The van der Waals surface area contributed by atoms with Crippen LogP contribution in [0.15, 0.2) is 47.4 Å². The molecule has 0 radical (unpaired) electrons. The summed E-state index contributed by atoms with van der Waals surface area (Å²) in [6.45, 7) is 6.11. The van der Waals surface area contributed by atoms with E-state index in [4.69, 9.17) is 4.74 Å². The Bertz CT molecular complexity index is 967. The first-order chi connectivity index (χ1) is 13.8. The molecule has 0 fully saturated rings. The Morgan fingerprint density at radius 1 is 1.17 bits per heavy atom. The van der Waals surface area contributed by atoms with Gasteiger partial charge in [-0.25, -0.2) is 8.42 Å². The Balaban J connectivity index is 2.31. The van der Waals surface area contributed by atoms with Crippen molar-refractivity contribution in [3.63, 3.8) is 0 Å². The number of fused-ring (bicyclic) bond motifs is 1. The molecule has 0 amide bonds. The molecule has 0 spiro atoms. The highest BCUT2D eigenvalue weighted by Gasteiger charge is 2.48. The van der Waals surface area contributed by atoms with Crippen LogP contribution in [0.3, 0.4) is 0 Å². The zero-order chi connectivity index (χ0) is 21.2. The standard InChI is InChI=1S/C24H32O4S/c1-5-7-13-24(6-2)16-29(26,27)21-12-11-19(28-4)15-20(21)22(23(24)25)18-10-8-9-17(3)14-18/h8-12,14-15,22-23,25H,5-7,13,16H2,1-4H3/t22-,23-,24+/m0/s1. The lowest BCUT2D eigenvalue weighted by atomic mass is 9.69. The normalized spacial score (nSPS) is 25.8. The van der Waals surface area contributed by atoms with Crippen LogP contribution in [0, 0.1) is 12.3 Å². The van der Waals surface area contributed by atoms with Crippen LogP contribution in [-0.2, 0) is 9.84 Å². The van der Waals surface area contributed by atoms with Gasteiger partial charge < -0.3 is 9.84 Å². The van der Waals surface area contributed by atoms with Gasteiger partial charge in [0.1, 0.15) is 5.75 Å². The quantitative estimate of drug-likeness (QED) is 0.730. The first-order valence-corrected chi connectivity index (χ1v) is 12.1. The first-order valence-electron chi connectivity index (χ1n) is 10.4. The second-order valence-electron chi connectivity index (χ2n) is 8.32. The topological polar surface area (TPSA) is 63.6 Å². The molecule has 5 heteroatoms. The highest BCUT2D eigenvalue weighted by Crippen LogP contribution is 2.49. The minimum atomic E-state index is -3.55. The number of hydrogen-bond acceptors (Lipinski definition) is 4. The Morgan fingerprint density at radius 3 is 2.55 bits per heavy atom. The third-order valence-electron chi connectivity index (χ3n) is 6.44. The van der Waals surface area contributed by atoms with Gasteiger partial charge in [0.05, 0.1) is 23.9 Å². The molecule has 29 heavy (non-hydrogen) atoms. The molecule has 0 saturated heterocycles. The van der Waals surface area contributed by atoms with Gasteiger partial charge in [-0.05, 0) is 49.1 Å². The van der Waals surface area contributed by atoms with Gasteiger partial charge in [-0.1, -0.05) is 56.5 Å². The lowest BCUT2D eigenvalue weighted by Crippen LogP contribution is -2.42. The van der Waals surface area contributed by atoms with Gasteiger partial charge in [-0.3, -0.25) is 0 Å². The SMILES string of the molecule is CCCC[C@]1(CC)CS(=O)(=O)c2ccc(OC)cc2[C@H](c2cccc(C)c2)[C@@H]1O. The predicted molar refractivity (Wildman–Crippen MR) is 116 cm³/mol. The van der Waals surface area contributed by atoms with Gasteiger partial charge in [0.15, 0.2) is 9.84 Å². The fourth-order valence-electron chi connectivity index (χ4n) is 4.71. The van der Waals surface area contributed by atoms with Crippen LogP contribution in [0.1, 0.15) is 62.1 Å². The van der Waals surface area contributed by atoms with Gasteiger partial charge in [-0.15, -0.1) is 0 Å². The van der Waals surface area contributed by atoms with Crippen LogP contribution < -0.4 is 4.74 Å². The number of ether oxygens (including phenoxy) is 1. The van der Waals surface area contributed by atoms with E-state index in [1.807, 2.05) is 32.0 Å². The molecular weight excluding hydrogens is 384 g/mol. The fourth-order valence-corrected chi connectivity index (χ4v) is 6.96. The maximum atomic E-state index is 13.5. The monoisotopic (exact) mass is 416 g/mol. The third-order valence-corrected chi connectivity index (χ3v) is 8.44. The Hall–Kier alpha value is -1.85. The molecule has 1 N–H and O–H groups in total. The average molecular weight is 417 g/mol. The third kappa shape index (κ3) is 4.08. The summed E-state index contributed by atoms with van der Waals surface area (Å²) in [5.74, 6) is 0.148. The van der Waals surface area contributed by atoms with E-state index in [9.17, 15) is 13.5 Å². The first kappa shape index (κ1) is 21.8. The molecule has 3 atom stereocenters. The smallest absolute Gasteiger partial charge is 0.179 e. The summed E-state index contributed by atoms with van der Waals surface area (Å²) in [5, 5.41) is 11.8. The average Bonchev–Trinajstić information content (AvgIpc) is 2.77. The summed E-state index contributed by atoms with van der Waals surface area (Å²) < 4.78 is 32.3. The van der Waals surface area contributed by atoms with Gasteiger partial charge in [0.2, 0.25) is 0 Å². The molecule has 2 aromatic carbocycles. The van der Waals surface area contributed by atoms with E-state index >= 15 is 0 Å². The van der Waals surface area contributed by atoms with E-state index < -0.39 is 27.3 Å². The largest absolute Gasteiger partial charge is 0.497 e. The predicted octanol–water partition coefficient (Wildman–Crippen LogP) is 4.87. The van der Waals surface area contributed by atoms with Crippen LogP contribution in [-0.4, -0.2) is 32.5 Å². The molecular formula is C24H32O4S. The zero-order valence-electron chi connectivity index (χ0n) is 17.8. The number of benzene rings is 2. The number of sulfone groups is 1. The molecule has 0 aliphatic carbocycles.